The molecule has 2 N–H and O–H groups in total. The maximum absolute atomic E-state index is 14.2. The van der Waals surface area contributed by atoms with Crippen LogP contribution in [0, 0.1) is 18.6 Å². The van der Waals surface area contributed by atoms with Gasteiger partial charge in [0.05, 0.1) is 17.9 Å². The Labute approximate surface area is 200 Å². The molecule has 8 nitrogen and oxygen atoms in total. The molecule has 35 heavy (non-hydrogen) atoms. The zero-order chi connectivity index (χ0) is 24.7. The lowest BCUT2D eigenvalue weighted by molar-refractivity contribution is 0.0949. The number of hydrogen-bond acceptors (Lipinski definition) is 5. The Morgan fingerprint density at radius 1 is 1.11 bits per heavy atom. The highest BCUT2D eigenvalue weighted by Crippen LogP contribution is 2.27. The van der Waals surface area contributed by atoms with Crippen LogP contribution in [0.4, 0.5) is 8.78 Å². The molecule has 0 spiro atoms. The molecule has 1 amide bonds. The van der Waals surface area contributed by atoms with E-state index < -0.39 is 23.0 Å². The molecule has 0 unspecified atom stereocenters. The van der Waals surface area contributed by atoms with E-state index in [0.717, 1.165) is 28.4 Å². The number of halogens is 2. The summed E-state index contributed by atoms with van der Waals surface area (Å²) in [7, 11) is 0. The van der Waals surface area contributed by atoms with Crippen LogP contribution in [-0.2, 0) is 6.54 Å². The number of thiazole rings is 1. The van der Waals surface area contributed by atoms with E-state index >= 15 is 0 Å². The van der Waals surface area contributed by atoms with Crippen molar-refractivity contribution in [3.63, 3.8) is 0 Å². The average molecular weight is 493 g/mol. The average Bonchev–Trinajstić information content (AvgIpc) is 3.38. The fourth-order valence-corrected chi connectivity index (χ4v) is 4.70. The van der Waals surface area contributed by atoms with Gasteiger partial charge in [0, 0.05) is 28.5 Å². The number of aromatic nitrogens is 4. The van der Waals surface area contributed by atoms with Gasteiger partial charge in [-0.25, -0.2) is 23.1 Å². The van der Waals surface area contributed by atoms with Gasteiger partial charge in [-0.2, -0.15) is 0 Å². The van der Waals surface area contributed by atoms with Gasteiger partial charge < -0.3 is 10.3 Å². The minimum Gasteiger partial charge on any atom is -0.347 e. The molecule has 3 aromatic heterocycles. The lowest BCUT2D eigenvalue weighted by atomic mass is 10.2. The normalized spacial score (nSPS) is 11.2. The molecular formula is C24H17F2N5O3S. The van der Waals surface area contributed by atoms with E-state index in [-0.39, 0.29) is 23.6 Å². The van der Waals surface area contributed by atoms with Crippen molar-refractivity contribution < 1.29 is 13.6 Å². The molecule has 2 aromatic carbocycles. The molecule has 176 valence electrons. The van der Waals surface area contributed by atoms with Gasteiger partial charge >= 0.3 is 5.69 Å². The van der Waals surface area contributed by atoms with Crippen LogP contribution < -0.4 is 16.6 Å². The summed E-state index contributed by atoms with van der Waals surface area (Å²) in [6.45, 7) is 1.98. The molecule has 5 rings (SSSR count). The van der Waals surface area contributed by atoms with Crippen LogP contribution in [0.3, 0.4) is 0 Å². The molecular weight excluding hydrogens is 476 g/mol. The number of benzene rings is 2. The standard InChI is InChI=1S/C24H17F2N5O3S/c1-13-20(35-24-29-18(12-30(13)24)14-6-8-15(25)9-7-14)11-27-21(32)16-10-28-23(34)31(22(16)33)19-5-3-2-4-17(19)26/h2-10,12H,11H2,1H3,(H,27,32)(H,28,34). The van der Waals surface area contributed by atoms with Gasteiger partial charge in [0.15, 0.2) is 4.96 Å². The third kappa shape index (κ3) is 4.06. The van der Waals surface area contributed by atoms with Crippen molar-refractivity contribution in [1.82, 2.24) is 24.3 Å². The molecule has 0 fully saturated rings. The van der Waals surface area contributed by atoms with Crippen molar-refractivity contribution in [2.45, 2.75) is 13.5 Å². The second-order valence-electron chi connectivity index (χ2n) is 7.68. The number of amides is 1. The van der Waals surface area contributed by atoms with Crippen molar-refractivity contribution in [3.8, 4) is 16.9 Å². The predicted octanol–water partition coefficient (Wildman–Crippen LogP) is 3.42. The summed E-state index contributed by atoms with van der Waals surface area (Å²) in [5.41, 5.74) is -0.0536. The minimum absolute atomic E-state index is 0.114. The fraction of sp³-hybridized carbons (Fsp3) is 0.0833. The number of hydrogen-bond donors (Lipinski definition) is 2. The fourth-order valence-electron chi connectivity index (χ4n) is 3.66. The van der Waals surface area contributed by atoms with Crippen molar-refractivity contribution >= 4 is 22.2 Å². The lowest BCUT2D eigenvalue weighted by Gasteiger charge is -2.08. The first kappa shape index (κ1) is 22.4. The second-order valence-corrected chi connectivity index (χ2v) is 8.74. The molecule has 0 radical (unpaired) electrons. The zero-order valence-electron chi connectivity index (χ0n) is 18.2. The summed E-state index contributed by atoms with van der Waals surface area (Å²) < 4.78 is 29.8. The zero-order valence-corrected chi connectivity index (χ0v) is 19.0. The Morgan fingerprint density at radius 3 is 2.57 bits per heavy atom. The number of H-pyrrole nitrogens is 1. The van der Waals surface area contributed by atoms with Crippen LogP contribution in [-0.4, -0.2) is 24.8 Å². The third-order valence-corrected chi connectivity index (χ3v) is 6.67. The Morgan fingerprint density at radius 2 is 1.86 bits per heavy atom. The third-order valence-electron chi connectivity index (χ3n) is 5.52. The number of rotatable bonds is 5. The van der Waals surface area contributed by atoms with Crippen LogP contribution in [0.5, 0.6) is 0 Å². The molecule has 0 aliphatic carbocycles. The maximum atomic E-state index is 14.2. The number of aromatic amines is 1. The smallest absolute Gasteiger partial charge is 0.333 e. The molecule has 0 aliphatic heterocycles. The Balaban J connectivity index is 1.39. The number of nitrogens with zero attached hydrogens (tertiary/aromatic N) is 3. The topological polar surface area (TPSA) is 101 Å². The summed E-state index contributed by atoms with van der Waals surface area (Å²) in [6, 6.07) is 11.3. The number of imidazole rings is 1. The van der Waals surface area contributed by atoms with Crippen molar-refractivity contribution in [1.29, 1.82) is 0 Å². The van der Waals surface area contributed by atoms with Crippen LogP contribution in [0.25, 0.3) is 21.9 Å². The lowest BCUT2D eigenvalue weighted by Crippen LogP contribution is -2.39. The Bertz CT molecular complexity index is 1700. The highest BCUT2D eigenvalue weighted by molar-refractivity contribution is 7.17. The number of carbonyl (C=O) groups is 1. The van der Waals surface area contributed by atoms with Gasteiger partial charge in [-0.05, 0) is 43.3 Å². The molecule has 5 aromatic rings. The number of para-hydroxylation sites is 1. The predicted molar refractivity (Wildman–Crippen MR) is 127 cm³/mol. The van der Waals surface area contributed by atoms with Gasteiger partial charge in [-0.3, -0.25) is 14.0 Å². The maximum Gasteiger partial charge on any atom is 0.333 e. The van der Waals surface area contributed by atoms with E-state index in [1.165, 1.54) is 41.7 Å². The van der Waals surface area contributed by atoms with Crippen molar-refractivity contribution in [2.24, 2.45) is 0 Å². The first-order valence-corrected chi connectivity index (χ1v) is 11.3. The molecule has 0 atom stereocenters. The van der Waals surface area contributed by atoms with Crippen molar-refractivity contribution in [2.75, 3.05) is 0 Å². The number of nitrogens with one attached hydrogen (secondary N) is 2. The Kier molecular flexibility index (Phi) is 5.61. The van der Waals surface area contributed by atoms with Gasteiger partial charge in [0.1, 0.15) is 17.2 Å². The number of fused-ring (bicyclic) bond motifs is 1. The Hall–Kier alpha value is -4.38. The molecule has 0 bridgehead atoms. The number of carbonyl (C=O) groups excluding carboxylic acids is 1. The van der Waals surface area contributed by atoms with Gasteiger partial charge in [0.25, 0.3) is 11.5 Å². The summed E-state index contributed by atoms with van der Waals surface area (Å²) >= 11 is 1.36. The monoisotopic (exact) mass is 493 g/mol. The van der Waals surface area contributed by atoms with E-state index in [2.05, 4.69) is 15.3 Å². The van der Waals surface area contributed by atoms with Crippen LogP contribution in [0.1, 0.15) is 20.9 Å². The first-order valence-electron chi connectivity index (χ1n) is 10.4. The SMILES string of the molecule is Cc1c(CNC(=O)c2c[nH]c(=O)n(-c3ccccc3F)c2=O)sc2nc(-c3ccc(F)cc3)cn12. The van der Waals surface area contributed by atoms with Crippen LogP contribution in [0.2, 0.25) is 0 Å². The van der Waals surface area contributed by atoms with Gasteiger partial charge in [0.2, 0.25) is 0 Å². The quantitative estimate of drug-likeness (QED) is 0.392. The largest absolute Gasteiger partial charge is 0.347 e. The van der Waals surface area contributed by atoms with Crippen molar-refractivity contribution in [3.05, 3.63) is 110 Å². The summed E-state index contributed by atoms with van der Waals surface area (Å²) in [5.74, 6) is -1.81. The van der Waals surface area contributed by atoms with Crippen LogP contribution >= 0.6 is 11.3 Å². The second kappa shape index (κ2) is 8.76. The number of aryl methyl sites for hydroxylation is 1. The van der Waals surface area contributed by atoms with E-state index in [1.54, 1.807) is 12.1 Å². The van der Waals surface area contributed by atoms with E-state index in [1.807, 2.05) is 17.5 Å². The van der Waals surface area contributed by atoms with Crippen LogP contribution in [0.15, 0.2) is 70.5 Å². The summed E-state index contributed by atoms with van der Waals surface area (Å²) in [5, 5.41) is 2.67. The summed E-state index contributed by atoms with van der Waals surface area (Å²) in [6.07, 6.45) is 2.84. The molecule has 0 aliphatic rings. The molecule has 0 saturated carbocycles. The first-order chi connectivity index (χ1) is 16.8. The highest BCUT2D eigenvalue weighted by Gasteiger charge is 2.19. The van der Waals surface area contributed by atoms with E-state index in [9.17, 15) is 23.2 Å². The summed E-state index contributed by atoms with van der Waals surface area (Å²) in [4.78, 5) is 46.2. The van der Waals surface area contributed by atoms with E-state index in [0.29, 0.717) is 15.2 Å². The van der Waals surface area contributed by atoms with E-state index in [4.69, 9.17) is 0 Å². The highest BCUT2D eigenvalue weighted by atomic mass is 32.1. The molecule has 3 heterocycles. The van der Waals surface area contributed by atoms with Gasteiger partial charge in [-0.15, -0.1) is 0 Å². The van der Waals surface area contributed by atoms with Gasteiger partial charge in [-0.1, -0.05) is 23.5 Å². The molecule has 11 heteroatoms. The minimum atomic E-state index is -0.932. The molecule has 0 saturated heterocycles.